The van der Waals surface area contributed by atoms with Gasteiger partial charge in [0.1, 0.15) is 11.6 Å². The third-order valence-electron chi connectivity index (χ3n) is 7.53. The van der Waals surface area contributed by atoms with Gasteiger partial charge in [0.15, 0.2) is 0 Å². The molecular weight excluding hydrogens is 567 g/mol. The number of hydrogen-bond acceptors (Lipinski definition) is 5. The maximum absolute atomic E-state index is 13.5. The van der Waals surface area contributed by atoms with Gasteiger partial charge in [0, 0.05) is 24.7 Å². The van der Waals surface area contributed by atoms with E-state index in [2.05, 4.69) is 28.2 Å². The molecule has 1 aliphatic heterocycles. The quantitative estimate of drug-likeness (QED) is 0.312. The molecule has 5 amide bonds. The molecule has 1 aromatic carbocycles. The number of alkyl halides is 3. The Kier molecular flexibility index (Phi) is 10.9. The van der Waals surface area contributed by atoms with Crippen molar-refractivity contribution >= 4 is 29.6 Å². The highest BCUT2D eigenvalue weighted by molar-refractivity contribution is 6.05. The van der Waals surface area contributed by atoms with Crippen molar-refractivity contribution in [3.05, 3.63) is 29.3 Å². The summed E-state index contributed by atoms with van der Waals surface area (Å²) in [5.41, 5.74) is -2.16. The number of amides is 5. The summed E-state index contributed by atoms with van der Waals surface area (Å²) in [5.74, 6) is -1.06. The largest absolute Gasteiger partial charge is 0.444 e. The van der Waals surface area contributed by atoms with Gasteiger partial charge in [-0.1, -0.05) is 13.3 Å². The molecule has 0 radical (unpaired) electrons. The highest BCUT2D eigenvalue weighted by atomic mass is 19.4. The highest BCUT2D eigenvalue weighted by Gasteiger charge is 2.42. The predicted molar refractivity (Wildman–Crippen MR) is 156 cm³/mol. The summed E-state index contributed by atoms with van der Waals surface area (Å²) < 4.78 is 45.8. The van der Waals surface area contributed by atoms with Crippen LogP contribution in [-0.2, 0) is 15.7 Å². The van der Waals surface area contributed by atoms with Crippen LogP contribution in [0.1, 0.15) is 96.0 Å². The first-order valence-electron chi connectivity index (χ1n) is 14.9. The molecule has 4 atom stereocenters. The van der Waals surface area contributed by atoms with Crippen LogP contribution in [0.2, 0.25) is 0 Å². The number of carbonyl (C=O) groups excluding carboxylic acids is 4. The Bertz CT molecular complexity index is 1180. The van der Waals surface area contributed by atoms with E-state index in [-0.39, 0.29) is 35.6 Å². The minimum absolute atomic E-state index is 0.0865. The number of ether oxygens (including phenoxy) is 1. The van der Waals surface area contributed by atoms with E-state index in [1.807, 2.05) is 0 Å². The average molecular weight is 612 g/mol. The van der Waals surface area contributed by atoms with Crippen molar-refractivity contribution in [1.82, 2.24) is 20.9 Å². The normalized spacial score (nSPS) is 22.7. The third-order valence-corrected chi connectivity index (χ3v) is 7.53. The monoisotopic (exact) mass is 611 g/mol. The summed E-state index contributed by atoms with van der Waals surface area (Å²) >= 11 is 0. The Hall–Kier alpha value is -3.51. The molecule has 10 nitrogen and oxygen atoms in total. The van der Waals surface area contributed by atoms with E-state index in [1.54, 1.807) is 39.5 Å². The lowest BCUT2D eigenvalue weighted by Gasteiger charge is -2.41. The molecule has 13 heteroatoms. The number of alkyl carbamates (subject to hydrolysis) is 1. The van der Waals surface area contributed by atoms with Crippen LogP contribution in [-0.4, -0.2) is 65.2 Å². The maximum Gasteiger partial charge on any atom is 0.416 e. The smallest absolute Gasteiger partial charge is 0.416 e. The van der Waals surface area contributed by atoms with E-state index < -0.39 is 47.0 Å². The van der Waals surface area contributed by atoms with Crippen molar-refractivity contribution in [1.29, 1.82) is 0 Å². The fourth-order valence-corrected chi connectivity index (χ4v) is 5.78. The number of likely N-dealkylation sites (tertiary alicyclic amines) is 1. The van der Waals surface area contributed by atoms with Gasteiger partial charge in [-0.25, -0.2) is 9.59 Å². The van der Waals surface area contributed by atoms with Gasteiger partial charge in [0.05, 0.1) is 16.8 Å². The standard InChI is InChI=1S/C30H44F3N5O5/c1-7-8-18-15-20(35-28(42)43-29(4,5)6)10-12-24(18)38-14-13-23(26(38)40)36-25(39)21-16-19(30(31,32)33)9-11-22(21)37-27(41)34-17(2)3/h9,11,16-18,20,23-24H,7-8,10,12-15H2,1-6H3,(H,35,42)(H,36,39)(H2,34,37,41)/t18-,20-,23+,24+/m1/s1. The number of urea groups is 1. The molecule has 0 aromatic heterocycles. The lowest BCUT2D eigenvalue weighted by atomic mass is 9.78. The zero-order chi connectivity index (χ0) is 32.1. The fourth-order valence-electron chi connectivity index (χ4n) is 5.78. The van der Waals surface area contributed by atoms with Crippen molar-refractivity contribution in [2.45, 2.75) is 116 Å². The van der Waals surface area contributed by atoms with Gasteiger partial charge in [0.25, 0.3) is 5.91 Å². The zero-order valence-corrected chi connectivity index (χ0v) is 25.7. The number of anilines is 1. The van der Waals surface area contributed by atoms with Gasteiger partial charge in [-0.15, -0.1) is 0 Å². The summed E-state index contributed by atoms with van der Waals surface area (Å²) in [6, 6.07) is 0.477. The van der Waals surface area contributed by atoms with Crippen LogP contribution < -0.4 is 21.3 Å². The van der Waals surface area contributed by atoms with E-state index in [0.717, 1.165) is 25.0 Å². The van der Waals surface area contributed by atoms with Gasteiger partial charge >= 0.3 is 18.3 Å². The molecule has 1 aliphatic carbocycles. The first-order chi connectivity index (χ1) is 20.0. The summed E-state index contributed by atoms with van der Waals surface area (Å²) in [7, 11) is 0. The molecule has 1 aromatic rings. The number of nitrogens with zero attached hydrogens (tertiary/aromatic N) is 1. The van der Waals surface area contributed by atoms with E-state index >= 15 is 0 Å². The molecule has 0 bridgehead atoms. The number of carbonyl (C=O) groups is 4. The van der Waals surface area contributed by atoms with Gasteiger partial charge < -0.3 is 30.9 Å². The Morgan fingerprint density at radius 2 is 1.77 bits per heavy atom. The lowest BCUT2D eigenvalue weighted by molar-refractivity contribution is -0.137. The number of hydrogen-bond donors (Lipinski definition) is 4. The maximum atomic E-state index is 13.5. The average Bonchev–Trinajstić information content (AvgIpc) is 3.21. The van der Waals surface area contributed by atoms with Crippen molar-refractivity contribution in [2.75, 3.05) is 11.9 Å². The second kappa shape index (κ2) is 13.9. The van der Waals surface area contributed by atoms with Crippen molar-refractivity contribution in [2.24, 2.45) is 5.92 Å². The Morgan fingerprint density at radius 3 is 2.37 bits per heavy atom. The molecule has 43 heavy (non-hydrogen) atoms. The van der Waals surface area contributed by atoms with Crippen LogP contribution >= 0.6 is 0 Å². The van der Waals surface area contributed by atoms with Crippen LogP contribution in [0.25, 0.3) is 0 Å². The first-order valence-corrected chi connectivity index (χ1v) is 14.9. The SMILES string of the molecule is CCC[C@@H]1C[C@H](NC(=O)OC(C)(C)C)CC[C@@H]1N1CC[C@H](NC(=O)c2cc(C(F)(F)F)ccc2NC(=O)NC(C)C)C1=O. The second-order valence-corrected chi connectivity index (χ2v) is 12.6. The van der Waals surface area contributed by atoms with Crippen LogP contribution in [0, 0.1) is 5.92 Å². The lowest BCUT2D eigenvalue weighted by Crippen LogP contribution is -2.51. The van der Waals surface area contributed by atoms with E-state index in [0.29, 0.717) is 38.3 Å². The van der Waals surface area contributed by atoms with Crippen LogP contribution in [0.3, 0.4) is 0 Å². The Morgan fingerprint density at radius 1 is 1.07 bits per heavy atom. The number of halogens is 3. The van der Waals surface area contributed by atoms with Gasteiger partial charge in [-0.3, -0.25) is 9.59 Å². The van der Waals surface area contributed by atoms with E-state index in [9.17, 15) is 32.3 Å². The first kappa shape index (κ1) is 34.0. The zero-order valence-electron chi connectivity index (χ0n) is 25.7. The van der Waals surface area contributed by atoms with Gasteiger partial charge in [0.2, 0.25) is 5.91 Å². The molecule has 1 saturated carbocycles. The minimum Gasteiger partial charge on any atom is -0.444 e. The van der Waals surface area contributed by atoms with Gasteiger partial charge in [-0.2, -0.15) is 13.2 Å². The van der Waals surface area contributed by atoms with E-state index in [4.69, 9.17) is 4.74 Å². The number of nitrogens with one attached hydrogen (secondary N) is 4. The van der Waals surface area contributed by atoms with Gasteiger partial charge in [-0.05, 0) is 90.8 Å². The topological polar surface area (TPSA) is 129 Å². The molecule has 240 valence electrons. The summed E-state index contributed by atoms with van der Waals surface area (Å²) in [6.45, 7) is 11.3. The van der Waals surface area contributed by atoms with Crippen LogP contribution in [0.4, 0.5) is 28.4 Å². The molecular formula is C30H44F3N5O5. The minimum atomic E-state index is -4.71. The fraction of sp³-hybridized carbons (Fsp3) is 0.667. The highest BCUT2D eigenvalue weighted by Crippen LogP contribution is 2.35. The summed E-state index contributed by atoms with van der Waals surface area (Å²) in [6.07, 6.45) is -1.16. The number of benzene rings is 1. The van der Waals surface area contributed by atoms with Crippen molar-refractivity contribution in [3.63, 3.8) is 0 Å². The molecule has 3 rings (SSSR count). The predicted octanol–water partition coefficient (Wildman–Crippen LogP) is 5.43. The Balaban J connectivity index is 1.72. The van der Waals surface area contributed by atoms with Crippen molar-refractivity contribution in [3.8, 4) is 0 Å². The Labute approximate surface area is 250 Å². The third kappa shape index (κ3) is 9.49. The molecule has 0 spiro atoms. The molecule has 1 saturated heterocycles. The summed E-state index contributed by atoms with van der Waals surface area (Å²) in [5, 5.41) is 10.6. The van der Waals surface area contributed by atoms with Crippen LogP contribution in [0.5, 0.6) is 0 Å². The van der Waals surface area contributed by atoms with Crippen molar-refractivity contribution < 1.29 is 37.1 Å². The van der Waals surface area contributed by atoms with Crippen LogP contribution in [0.15, 0.2) is 18.2 Å². The molecule has 2 aliphatic rings. The second-order valence-electron chi connectivity index (χ2n) is 12.6. The molecule has 2 fully saturated rings. The molecule has 4 N–H and O–H groups in total. The molecule has 0 unspecified atom stereocenters. The van der Waals surface area contributed by atoms with E-state index in [1.165, 1.54) is 0 Å². The summed E-state index contributed by atoms with van der Waals surface area (Å²) in [4.78, 5) is 53.1. The number of rotatable bonds is 8. The molecule has 1 heterocycles.